The Labute approximate surface area is 102 Å². The molecule has 0 saturated heterocycles. The Morgan fingerprint density at radius 1 is 1.50 bits per heavy atom. The zero-order chi connectivity index (χ0) is 12.1. The zero-order valence-corrected chi connectivity index (χ0v) is 9.93. The molecule has 0 aliphatic heterocycles. The fourth-order valence-electron chi connectivity index (χ4n) is 1.04. The third-order valence-electron chi connectivity index (χ3n) is 1.74. The van der Waals surface area contributed by atoms with E-state index in [2.05, 4.69) is 9.72 Å². The van der Waals surface area contributed by atoms with Gasteiger partial charge in [-0.15, -0.1) is 0 Å². The van der Waals surface area contributed by atoms with Crippen molar-refractivity contribution in [2.75, 3.05) is 6.61 Å². The van der Waals surface area contributed by atoms with Gasteiger partial charge in [0.25, 0.3) is 0 Å². The van der Waals surface area contributed by atoms with Crippen LogP contribution in [-0.2, 0) is 9.53 Å². The predicted molar refractivity (Wildman–Crippen MR) is 61.9 cm³/mol. The summed E-state index contributed by atoms with van der Waals surface area (Å²) in [6.07, 6.45) is 3.15. The van der Waals surface area contributed by atoms with Crippen molar-refractivity contribution in [1.82, 2.24) is 4.98 Å². The fraction of sp³-hybridized carbons (Fsp3) is 0.200. The Morgan fingerprint density at radius 3 is 2.69 bits per heavy atom. The van der Waals surface area contributed by atoms with E-state index in [1.54, 1.807) is 6.92 Å². The van der Waals surface area contributed by atoms with E-state index in [9.17, 15) is 9.59 Å². The van der Waals surface area contributed by atoms with Gasteiger partial charge in [0, 0.05) is 6.08 Å². The lowest BCUT2D eigenvalue weighted by Crippen LogP contribution is -1.98. The van der Waals surface area contributed by atoms with E-state index < -0.39 is 5.97 Å². The number of carbonyl (C=O) groups excluding carboxylic acids is 2. The molecule has 1 rings (SSSR count). The van der Waals surface area contributed by atoms with Gasteiger partial charge in [0.2, 0.25) is 0 Å². The number of nitrogens with one attached hydrogen (secondary N) is 1. The number of hydrogen-bond acceptors (Lipinski definition) is 3. The standard InChI is InChI=1S/C10H9Cl2NO3/c1-2-16-8(15)4-3-7-9(11)6(5-14)10(12)13-7/h3-5,13H,2H2,1H3/b4-3+. The fourth-order valence-corrected chi connectivity index (χ4v) is 1.58. The molecule has 4 nitrogen and oxygen atoms in total. The van der Waals surface area contributed by atoms with Gasteiger partial charge in [0.05, 0.1) is 22.9 Å². The zero-order valence-electron chi connectivity index (χ0n) is 8.42. The minimum atomic E-state index is -0.489. The van der Waals surface area contributed by atoms with Crippen molar-refractivity contribution in [3.8, 4) is 0 Å². The number of aromatic amines is 1. The van der Waals surface area contributed by atoms with Crippen molar-refractivity contribution in [2.24, 2.45) is 0 Å². The molecule has 0 amide bonds. The summed E-state index contributed by atoms with van der Waals surface area (Å²) in [7, 11) is 0. The second-order valence-electron chi connectivity index (χ2n) is 2.78. The molecule has 0 atom stereocenters. The summed E-state index contributed by atoms with van der Waals surface area (Å²) >= 11 is 11.5. The highest BCUT2D eigenvalue weighted by atomic mass is 35.5. The van der Waals surface area contributed by atoms with Crippen molar-refractivity contribution < 1.29 is 14.3 Å². The molecule has 0 bridgehead atoms. The monoisotopic (exact) mass is 261 g/mol. The normalized spacial score (nSPS) is 10.7. The highest BCUT2D eigenvalue weighted by Crippen LogP contribution is 2.27. The molecule has 1 heterocycles. The molecule has 0 aliphatic carbocycles. The second-order valence-corrected chi connectivity index (χ2v) is 3.54. The van der Waals surface area contributed by atoms with E-state index >= 15 is 0 Å². The van der Waals surface area contributed by atoms with Gasteiger partial charge in [-0.25, -0.2) is 4.79 Å². The Kier molecular flexibility index (Phi) is 4.58. The van der Waals surface area contributed by atoms with Gasteiger partial charge in [-0.05, 0) is 13.0 Å². The summed E-state index contributed by atoms with van der Waals surface area (Å²) in [5, 5.41) is 0.323. The van der Waals surface area contributed by atoms with Crippen molar-refractivity contribution in [2.45, 2.75) is 6.92 Å². The van der Waals surface area contributed by atoms with Crippen LogP contribution in [-0.4, -0.2) is 23.8 Å². The van der Waals surface area contributed by atoms with Crippen LogP contribution in [0.15, 0.2) is 6.08 Å². The molecule has 1 aromatic rings. The molecule has 1 aromatic heterocycles. The number of halogens is 2. The van der Waals surface area contributed by atoms with Crippen LogP contribution in [0.1, 0.15) is 23.0 Å². The van der Waals surface area contributed by atoms with Crippen LogP contribution >= 0.6 is 23.2 Å². The molecule has 0 aliphatic rings. The summed E-state index contributed by atoms with van der Waals surface area (Å²) in [5.74, 6) is -0.489. The topological polar surface area (TPSA) is 59.2 Å². The number of hydrogen-bond donors (Lipinski definition) is 1. The van der Waals surface area contributed by atoms with E-state index in [-0.39, 0.29) is 15.7 Å². The van der Waals surface area contributed by atoms with Crippen LogP contribution in [0.2, 0.25) is 10.2 Å². The Hall–Kier alpha value is -1.26. The third kappa shape index (κ3) is 2.87. The maximum Gasteiger partial charge on any atom is 0.330 e. The van der Waals surface area contributed by atoms with Crippen molar-refractivity contribution in [3.63, 3.8) is 0 Å². The van der Waals surface area contributed by atoms with Crippen molar-refractivity contribution in [1.29, 1.82) is 0 Å². The van der Waals surface area contributed by atoms with Crippen LogP contribution in [0.25, 0.3) is 6.08 Å². The lowest BCUT2D eigenvalue weighted by molar-refractivity contribution is -0.137. The third-order valence-corrected chi connectivity index (χ3v) is 2.45. The first-order valence-electron chi connectivity index (χ1n) is 4.47. The predicted octanol–water partition coefficient (Wildman–Crippen LogP) is 2.71. The number of carbonyl (C=O) groups is 2. The average Bonchev–Trinajstić information content (AvgIpc) is 2.51. The van der Waals surface area contributed by atoms with Crippen LogP contribution in [0, 0.1) is 0 Å². The largest absolute Gasteiger partial charge is 0.463 e. The maximum atomic E-state index is 11.0. The number of H-pyrrole nitrogens is 1. The van der Waals surface area contributed by atoms with Gasteiger partial charge in [-0.3, -0.25) is 4.79 Å². The minimum absolute atomic E-state index is 0.142. The van der Waals surface area contributed by atoms with Crippen molar-refractivity contribution in [3.05, 3.63) is 27.5 Å². The highest BCUT2D eigenvalue weighted by Gasteiger charge is 2.12. The van der Waals surface area contributed by atoms with E-state index in [0.29, 0.717) is 18.6 Å². The Balaban J connectivity index is 2.90. The van der Waals surface area contributed by atoms with Crippen molar-refractivity contribution >= 4 is 41.5 Å². The van der Waals surface area contributed by atoms with Crippen LogP contribution in [0.4, 0.5) is 0 Å². The summed E-state index contributed by atoms with van der Waals surface area (Å²) < 4.78 is 4.68. The van der Waals surface area contributed by atoms with Gasteiger partial charge < -0.3 is 9.72 Å². The molecule has 0 saturated carbocycles. The highest BCUT2D eigenvalue weighted by molar-refractivity contribution is 6.39. The molecule has 6 heteroatoms. The average molecular weight is 262 g/mol. The Morgan fingerprint density at radius 2 is 2.19 bits per heavy atom. The van der Waals surface area contributed by atoms with Gasteiger partial charge >= 0.3 is 5.97 Å². The first-order chi connectivity index (χ1) is 7.60. The summed E-state index contributed by atoms with van der Waals surface area (Å²) in [6, 6.07) is 0. The van der Waals surface area contributed by atoms with Crippen LogP contribution in [0.3, 0.4) is 0 Å². The number of aromatic nitrogens is 1. The van der Waals surface area contributed by atoms with E-state index in [1.165, 1.54) is 12.2 Å². The first-order valence-corrected chi connectivity index (χ1v) is 5.22. The van der Waals surface area contributed by atoms with E-state index in [1.807, 2.05) is 0 Å². The number of ether oxygens (including phenoxy) is 1. The van der Waals surface area contributed by atoms with Crippen LogP contribution < -0.4 is 0 Å². The van der Waals surface area contributed by atoms with E-state index in [4.69, 9.17) is 23.2 Å². The molecule has 0 aromatic carbocycles. The molecule has 16 heavy (non-hydrogen) atoms. The molecule has 0 unspecified atom stereocenters. The molecule has 1 N–H and O–H groups in total. The molecule has 0 radical (unpaired) electrons. The summed E-state index contributed by atoms with van der Waals surface area (Å²) in [6.45, 7) is 2.00. The Bertz CT molecular complexity index is 438. The maximum absolute atomic E-state index is 11.0. The number of rotatable bonds is 4. The lowest BCUT2D eigenvalue weighted by atomic mass is 10.3. The molecule has 86 valence electrons. The van der Waals surface area contributed by atoms with Gasteiger partial charge in [-0.1, -0.05) is 23.2 Å². The smallest absolute Gasteiger partial charge is 0.330 e. The number of aldehydes is 1. The van der Waals surface area contributed by atoms with Crippen LogP contribution in [0.5, 0.6) is 0 Å². The minimum Gasteiger partial charge on any atom is -0.463 e. The molecule has 0 spiro atoms. The number of esters is 1. The SMILES string of the molecule is CCOC(=O)/C=C/c1[nH]c(Cl)c(C=O)c1Cl. The lowest BCUT2D eigenvalue weighted by Gasteiger charge is -1.94. The summed E-state index contributed by atoms with van der Waals surface area (Å²) in [4.78, 5) is 24.3. The van der Waals surface area contributed by atoms with Gasteiger partial charge in [-0.2, -0.15) is 0 Å². The molecule has 0 fully saturated rings. The second kappa shape index (κ2) is 5.72. The molecular weight excluding hydrogens is 253 g/mol. The summed E-state index contributed by atoms with van der Waals surface area (Å²) in [5.41, 5.74) is 0.564. The first kappa shape index (κ1) is 12.8. The molecular formula is C10H9Cl2NO3. The van der Waals surface area contributed by atoms with Gasteiger partial charge in [0.1, 0.15) is 5.15 Å². The quantitative estimate of drug-likeness (QED) is 0.515. The van der Waals surface area contributed by atoms with E-state index in [0.717, 1.165) is 0 Å². The van der Waals surface area contributed by atoms with Gasteiger partial charge in [0.15, 0.2) is 6.29 Å².